The molecule has 2 aliphatic carbocycles. The molecule has 2 saturated heterocycles. The van der Waals surface area contributed by atoms with Gasteiger partial charge in [-0.15, -0.1) is 0 Å². The molecule has 248 valence electrons. The molecule has 6 rings (SSSR count). The number of esters is 1. The Morgan fingerprint density at radius 1 is 0.783 bits per heavy atom. The lowest BCUT2D eigenvalue weighted by molar-refractivity contribution is -0.169. The number of ether oxygens (including phenoxy) is 1. The Hall–Kier alpha value is -3.82. The van der Waals surface area contributed by atoms with Crippen LogP contribution in [0.2, 0.25) is 0 Å². The lowest BCUT2D eigenvalue weighted by atomic mass is 9.80. The SMILES string of the molecule is C[C@H](c1ccccc1)N1C[C@]2(C(=O)O)CC(F)C[C@@H]2C1=O.C[C@H](c1ccccc1)N1C[C@]2(C(=O)OC(C)(C)C)CC(F)C[C@@H]2C1=O. The molecular weight excluding hydrogens is 594 g/mol. The van der Waals surface area contributed by atoms with Crippen molar-refractivity contribution in [3.8, 4) is 0 Å². The van der Waals surface area contributed by atoms with E-state index in [2.05, 4.69) is 0 Å². The minimum absolute atomic E-state index is 0.0309. The standard InChI is InChI=1S/C20H26FNO3.C16H18FNO3/c1-13(14-8-6-5-7-9-14)22-12-20(18(24)25-19(2,3)4)11-15(21)10-16(20)17(22)23;1-10(11-5-3-2-4-6-11)18-9-16(15(20)21)8-12(17)7-13(16)14(18)19/h5-9,13,15-16H,10-12H2,1-4H3;2-6,10,12-13H,7-9H2,1H3,(H,20,21)/t13-,15?,16-,20-;10-,12?,13-,16-/m11/s1. The first kappa shape index (κ1) is 33.5. The molecule has 2 aromatic rings. The van der Waals surface area contributed by atoms with Crippen LogP contribution in [0.1, 0.15) is 83.5 Å². The Bertz CT molecular complexity index is 1470. The summed E-state index contributed by atoms with van der Waals surface area (Å²) in [5.74, 6) is -3.21. The van der Waals surface area contributed by atoms with Crippen LogP contribution in [0.25, 0.3) is 0 Å². The molecule has 2 saturated carbocycles. The maximum atomic E-state index is 14.1. The molecule has 2 amide bonds. The highest BCUT2D eigenvalue weighted by atomic mass is 19.1. The first-order valence-electron chi connectivity index (χ1n) is 16.1. The monoisotopic (exact) mass is 638 g/mol. The van der Waals surface area contributed by atoms with Crippen molar-refractivity contribution >= 4 is 23.8 Å². The number of fused-ring (bicyclic) bond motifs is 2. The zero-order valence-electron chi connectivity index (χ0n) is 27.1. The summed E-state index contributed by atoms with van der Waals surface area (Å²) in [5.41, 5.74) is -1.01. The minimum Gasteiger partial charge on any atom is -0.481 e. The van der Waals surface area contributed by atoms with Gasteiger partial charge in [0, 0.05) is 13.1 Å². The number of rotatable bonds is 6. The molecule has 0 aromatic heterocycles. The molecule has 8 atom stereocenters. The summed E-state index contributed by atoms with van der Waals surface area (Å²) in [6, 6.07) is 18.8. The second-order valence-electron chi connectivity index (χ2n) is 14.4. The highest BCUT2D eigenvalue weighted by Gasteiger charge is 2.65. The summed E-state index contributed by atoms with van der Waals surface area (Å²) < 4.78 is 33.3. The second kappa shape index (κ2) is 12.4. The van der Waals surface area contributed by atoms with Crippen LogP contribution in [-0.4, -0.2) is 69.7 Å². The fourth-order valence-electron chi connectivity index (χ4n) is 7.84. The summed E-state index contributed by atoms with van der Waals surface area (Å²) in [6.45, 7) is 9.53. The molecule has 2 aromatic carbocycles. The van der Waals surface area contributed by atoms with Crippen LogP contribution < -0.4 is 0 Å². The van der Waals surface area contributed by atoms with E-state index in [0.717, 1.165) is 11.1 Å². The van der Waals surface area contributed by atoms with Crippen molar-refractivity contribution in [3.05, 3.63) is 71.8 Å². The normalized spacial score (nSPS) is 31.5. The number of hydrogen-bond acceptors (Lipinski definition) is 5. The van der Waals surface area contributed by atoms with E-state index in [1.165, 1.54) is 0 Å². The fourth-order valence-corrected chi connectivity index (χ4v) is 7.84. The van der Waals surface area contributed by atoms with Gasteiger partial charge in [-0.1, -0.05) is 60.7 Å². The number of likely N-dealkylation sites (tertiary alicyclic amines) is 2. The van der Waals surface area contributed by atoms with Crippen molar-refractivity contribution in [1.82, 2.24) is 9.80 Å². The van der Waals surface area contributed by atoms with Gasteiger partial charge < -0.3 is 19.6 Å². The number of carbonyl (C=O) groups is 4. The summed E-state index contributed by atoms with van der Waals surface area (Å²) >= 11 is 0. The van der Waals surface area contributed by atoms with Gasteiger partial charge in [0.15, 0.2) is 0 Å². The number of aliphatic carboxylic acids is 1. The molecule has 2 unspecified atom stereocenters. The van der Waals surface area contributed by atoms with Crippen LogP contribution >= 0.6 is 0 Å². The summed E-state index contributed by atoms with van der Waals surface area (Å²) in [7, 11) is 0. The van der Waals surface area contributed by atoms with Gasteiger partial charge in [0.05, 0.1) is 34.7 Å². The lowest BCUT2D eigenvalue weighted by Crippen LogP contribution is -2.41. The van der Waals surface area contributed by atoms with Crippen molar-refractivity contribution < 1.29 is 37.8 Å². The predicted molar refractivity (Wildman–Crippen MR) is 167 cm³/mol. The minimum atomic E-state index is -1.25. The van der Waals surface area contributed by atoms with Crippen LogP contribution in [0.5, 0.6) is 0 Å². The summed E-state index contributed by atoms with van der Waals surface area (Å²) in [5, 5.41) is 9.53. The quantitative estimate of drug-likeness (QED) is 0.385. The highest BCUT2D eigenvalue weighted by Crippen LogP contribution is 2.54. The second-order valence-corrected chi connectivity index (χ2v) is 14.4. The van der Waals surface area contributed by atoms with Gasteiger partial charge in [0.25, 0.3) is 0 Å². The Balaban J connectivity index is 0.000000184. The Morgan fingerprint density at radius 2 is 1.17 bits per heavy atom. The molecule has 2 heterocycles. The van der Waals surface area contributed by atoms with Crippen LogP contribution in [0, 0.1) is 22.7 Å². The smallest absolute Gasteiger partial charge is 0.315 e. The van der Waals surface area contributed by atoms with Crippen LogP contribution in [0.15, 0.2) is 60.7 Å². The Morgan fingerprint density at radius 3 is 1.57 bits per heavy atom. The molecule has 4 aliphatic rings. The van der Waals surface area contributed by atoms with Gasteiger partial charge in [0.1, 0.15) is 17.9 Å². The van der Waals surface area contributed by atoms with Gasteiger partial charge >= 0.3 is 11.9 Å². The number of halogens is 2. The molecule has 1 N–H and O–H groups in total. The van der Waals surface area contributed by atoms with Crippen molar-refractivity contribution in [2.75, 3.05) is 13.1 Å². The molecule has 2 aliphatic heterocycles. The third-order valence-corrected chi connectivity index (χ3v) is 10.3. The van der Waals surface area contributed by atoms with E-state index in [1.54, 1.807) is 30.6 Å². The molecule has 0 spiro atoms. The molecule has 0 radical (unpaired) electrons. The number of carbonyl (C=O) groups excluding carboxylic acids is 3. The van der Waals surface area contributed by atoms with E-state index in [9.17, 15) is 33.1 Å². The Kier molecular flexibility index (Phi) is 9.05. The molecule has 0 bridgehead atoms. The highest BCUT2D eigenvalue weighted by molar-refractivity contribution is 5.93. The zero-order chi connectivity index (χ0) is 33.6. The van der Waals surface area contributed by atoms with E-state index in [0.29, 0.717) is 0 Å². The number of carboxylic acids is 1. The average Bonchev–Trinajstić information content (AvgIpc) is 3.70. The third kappa shape index (κ3) is 6.02. The summed E-state index contributed by atoms with van der Waals surface area (Å²) in [6.07, 6.45) is -2.17. The first-order valence-corrected chi connectivity index (χ1v) is 16.1. The zero-order valence-corrected chi connectivity index (χ0v) is 27.1. The van der Waals surface area contributed by atoms with Gasteiger partial charge in [-0.2, -0.15) is 0 Å². The predicted octanol–water partition coefficient (Wildman–Crippen LogP) is 6.07. The topological polar surface area (TPSA) is 104 Å². The average molecular weight is 639 g/mol. The van der Waals surface area contributed by atoms with Crippen molar-refractivity contribution in [2.24, 2.45) is 22.7 Å². The van der Waals surface area contributed by atoms with E-state index in [-0.39, 0.29) is 62.7 Å². The molecule has 8 nitrogen and oxygen atoms in total. The molecule has 10 heteroatoms. The maximum Gasteiger partial charge on any atom is 0.315 e. The van der Waals surface area contributed by atoms with Crippen LogP contribution in [0.4, 0.5) is 8.78 Å². The van der Waals surface area contributed by atoms with Crippen LogP contribution in [-0.2, 0) is 23.9 Å². The number of carboxylic acid groups (broad SMARTS) is 1. The van der Waals surface area contributed by atoms with E-state index in [4.69, 9.17) is 4.74 Å². The Labute approximate surface area is 269 Å². The van der Waals surface area contributed by atoms with Crippen LogP contribution in [0.3, 0.4) is 0 Å². The van der Waals surface area contributed by atoms with E-state index < -0.39 is 52.5 Å². The van der Waals surface area contributed by atoms with E-state index in [1.807, 2.05) is 74.5 Å². The summed E-state index contributed by atoms with van der Waals surface area (Å²) in [4.78, 5) is 53.4. The lowest BCUT2D eigenvalue weighted by Gasteiger charge is -2.31. The number of benzene rings is 2. The number of alkyl halides is 2. The molecule has 46 heavy (non-hydrogen) atoms. The van der Waals surface area contributed by atoms with Crippen molar-refractivity contribution in [3.63, 3.8) is 0 Å². The van der Waals surface area contributed by atoms with Crippen molar-refractivity contribution in [1.29, 1.82) is 0 Å². The van der Waals surface area contributed by atoms with Crippen molar-refractivity contribution in [2.45, 2.75) is 90.3 Å². The van der Waals surface area contributed by atoms with Gasteiger partial charge in [-0.05, 0) is 71.4 Å². The van der Waals surface area contributed by atoms with Gasteiger partial charge in [-0.25, -0.2) is 8.78 Å². The van der Waals surface area contributed by atoms with Gasteiger partial charge in [-0.3, -0.25) is 19.2 Å². The molecule has 4 fully saturated rings. The molecular formula is C36H44F2N2O6. The fraction of sp³-hybridized carbons (Fsp3) is 0.556. The largest absolute Gasteiger partial charge is 0.481 e. The third-order valence-electron chi connectivity index (χ3n) is 10.3. The van der Waals surface area contributed by atoms with Gasteiger partial charge in [0.2, 0.25) is 11.8 Å². The first-order chi connectivity index (χ1) is 21.6. The number of hydrogen-bond donors (Lipinski definition) is 1. The number of amides is 2. The van der Waals surface area contributed by atoms with E-state index >= 15 is 0 Å². The number of nitrogens with zero attached hydrogens (tertiary/aromatic N) is 2. The maximum absolute atomic E-state index is 14.1.